The lowest BCUT2D eigenvalue weighted by molar-refractivity contribution is -0.140. The molecule has 4 aromatic rings. The molecular weight excluding hydrogens is 615 g/mol. The van der Waals surface area contributed by atoms with Crippen molar-refractivity contribution < 1.29 is 18.0 Å². The van der Waals surface area contributed by atoms with E-state index in [0.717, 1.165) is 31.5 Å². The van der Waals surface area contributed by atoms with Crippen LogP contribution in [0.2, 0.25) is 0 Å². The van der Waals surface area contributed by atoms with Crippen LogP contribution in [0.1, 0.15) is 36.1 Å². The maximum Gasteiger partial charge on any atom is 0.264 e. The number of carbonyl (C=O) groups excluding carboxylic acids is 2. The van der Waals surface area contributed by atoms with Crippen LogP contribution in [0, 0.1) is 19.8 Å². The fourth-order valence-corrected chi connectivity index (χ4v) is 6.80. The van der Waals surface area contributed by atoms with E-state index in [1.807, 2.05) is 101 Å². The normalized spacial score (nSPS) is 12.0. The van der Waals surface area contributed by atoms with Gasteiger partial charge in [-0.25, -0.2) is 8.42 Å². The van der Waals surface area contributed by atoms with Crippen LogP contribution >= 0.6 is 11.8 Å². The van der Waals surface area contributed by atoms with Gasteiger partial charge in [0.1, 0.15) is 12.6 Å². The van der Waals surface area contributed by atoms with E-state index in [1.54, 1.807) is 36.4 Å². The number of rotatable bonds is 14. The number of hydrogen-bond acceptors (Lipinski definition) is 5. The van der Waals surface area contributed by atoms with E-state index < -0.39 is 28.5 Å². The summed E-state index contributed by atoms with van der Waals surface area (Å²) in [4.78, 5) is 31.0. The zero-order valence-corrected chi connectivity index (χ0v) is 28.8. The van der Waals surface area contributed by atoms with E-state index in [-0.39, 0.29) is 29.7 Å². The van der Waals surface area contributed by atoms with Gasteiger partial charge in [-0.3, -0.25) is 13.9 Å². The van der Waals surface area contributed by atoms with E-state index >= 15 is 0 Å². The first-order valence-corrected chi connectivity index (χ1v) is 18.0. The highest BCUT2D eigenvalue weighted by Crippen LogP contribution is 2.27. The van der Waals surface area contributed by atoms with E-state index in [1.165, 1.54) is 16.7 Å². The third kappa shape index (κ3) is 9.23. The summed E-state index contributed by atoms with van der Waals surface area (Å²) >= 11 is 1.52. The summed E-state index contributed by atoms with van der Waals surface area (Å²) in [5.41, 5.74) is 4.13. The van der Waals surface area contributed by atoms with Crippen molar-refractivity contribution >= 4 is 39.3 Å². The van der Waals surface area contributed by atoms with Crippen molar-refractivity contribution in [3.8, 4) is 0 Å². The first-order valence-electron chi connectivity index (χ1n) is 15.4. The Bertz CT molecular complexity index is 1690. The molecule has 4 rings (SSSR count). The zero-order valence-electron chi connectivity index (χ0n) is 27.1. The van der Waals surface area contributed by atoms with Crippen molar-refractivity contribution in [1.82, 2.24) is 10.2 Å². The van der Waals surface area contributed by atoms with E-state index in [9.17, 15) is 18.0 Å². The van der Waals surface area contributed by atoms with Crippen molar-refractivity contribution in [3.63, 3.8) is 0 Å². The standard InChI is InChI=1S/C37H43N3O4S2/c1-27(2)24-38-37(42)35(23-30-9-7-6-8-10-30)39(25-31-15-11-28(3)12-16-31)36(41)26-40(32-17-13-29(4)14-18-32)46(43,44)34-21-19-33(45-5)20-22-34/h6-22,27,35H,23-26H2,1-5H3,(H,38,42)/t35-/m1/s1. The second kappa shape index (κ2) is 16.0. The third-order valence-electron chi connectivity index (χ3n) is 7.68. The molecule has 0 spiro atoms. The fraction of sp³-hybridized carbons (Fsp3) is 0.297. The van der Waals surface area contributed by atoms with Gasteiger partial charge in [0.2, 0.25) is 11.8 Å². The quantitative estimate of drug-likeness (QED) is 0.154. The third-order valence-corrected chi connectivity index (χ3v) is 10.2. The lowest BCUT2D eigenvalue weighted by Crippen LogP contribution is -2.53. The van der Waals surface area contributed by atoms with Gasteiger partial charge in [0.05, 0.1) is 10.6 Å². The summed E-state index contributed by atoms with van der Waals surface area (Å²) in [5.74, 6) is -0.552. The Kier molecular flexibility index (Phi) is 12.1. The molecule has 242 valence electrons. The largest absolute Gasteiger partial charge is 0.354 e. The van der Waals surface area contributed by atoms with Crippen molar-refractivity contribution in [1.29, 1.82) is 0 Å². The fourth-order valence-electron chi connectivity index (χ4n) is 4.98. The highest BCUT2D eigenvalue weighted by molar-refractivity contribution is 7.98. The number of sulfonamides is 1. The highest BCUT2D eigenvalue weighted by atomic mass is 32.2. The Morgan fingerprint density at radius 2 is 1.37 bits per heavy atom. The smallest absolute Gasteiger partial charge is 0.264 e. The molecule has 2 amide bonds. The maximum absolute atomic E-state index is 14.6. The lowest BCUT2D eigenvalue weighted by Gasteiger charge is -2.34. The van der Waals surface area contributed by atoms with Crippen LogP contribution in [-0.2, 0) is 32.6 Å². The Morgan fingerprint density at radius 1 is 0.783 bits per heavy atom. The summed E-state index contributed by atoms with van der Waals surface area (Å²) in [7, 11) is -4.15. The Balaban J connectivity index is 1.79. The van der Waals surface area contributed by atoms with E-state index in [4.69, 9.17) is 0 Å². The summed E-state index contributed by atoms with van der Waals surface area (Å²) in [6.07, 6.45) is 2.20. The molecule has 0 aromatic heterocycles. The molecule has 0 heterocycles. The molecule has 46 heavy (non-hydrogen) atoms. The number of thioether (sulfide) groups is 1. The molecule has 0 saturated heterocycles. The number of nitrogens with one attached hydrogen (secondary N) is 1. The molecule has 0 aliphatic carbocycles. The van der Waals surface area contributed by atoms with E-state index in [2.05, 4.69) is 5.32 Å². The molecule has 4 aromatic carbocycles. The predicted molar refractivity (Wildman–Crippen MR) is 187 cm³/mol. The van der Waals surface area contributed by atoms with Crippen LogP contribution in [0.25, 0.3) is 0 Å². The van der Waals surface area contributed by atoms with Gasteiger partial charge in [-0.1, -0.05) is 91.7 Å². The zero-order chi connectivity index (χ0) is 33.3. The van der Waals surface area contributed by atoms with Crippen LogP contribution in [0.4, 0.5) is 5.69 Å². The second-order valence-corrected chi connectivity index (χ2v) is 14.6. The SMILES string of the molecule is CSc1ccc(S(=O)(=O)N(CC(=O)N(Cc2ccc(C)cc2)[C@H](Cc2ccccc2)C(=O)NCC(C)C)c2ccc(C)cc2)cc1. The summed E-state index contributed by atoms with van der Waals surface area (Å²) in [6, 6.07) is 30.2. The first kappa shape index (κ1) is 34.8. The Labute approximate surface area is 278 Å². The minimum Gasteiger partial charge on any atom is -0.354 e. The van der Waals surface area contributed by atoms with Crippen LogP contribution in [0.3, 0.4) is 0 Å². The Morgan fingerprint density at radius 3 is 1.93 bits per heavy atom. The van der Waals surface area contributed by atoms with Gasteiger partial charge < -0.3 is 10.2 Å². The summed E-state index contributed by atoms with van der Waals surface area (Å²) in [6.45, 7) is 8.03. The van der Waals surface area contributed by atoms with Gasteiger partial charge in [-0.05, 0) is 73.5 Å². The molecule has 1 atom stereocenters. The average Bonchev–Trinajstić information content (AvgIpc) is 3.05. The number of hydrogen-bond donors (Lipinski definition) is 1. The average molecular weight is 658 g/mol. The van der Waals surface area contributed by atoms with Crippen molar-refractivity contribution in [2.75, 3.05) is 23.7 Å². The second-order valence-electron chi connectivity index (χ2n) is 11.9. The predicted octanol–water partition coefficient (Wildman–Crippen LogP) is 6.63. The molecule has 0 aliphatic heterocycles. The molecular formula is C37H43N3O4S2. The van der Waals surface area contributed by atoms with Gasteiger partial charge in [-0.15, -0.1) is 11.8 Å². The molecule has 0 unspecified atom stereocenters. The van der Waals surface area contributed by atoms with Gasteiger partial charge in [0.15, 0.2) is 0 Å². The van der Waals surface area contributed by atoms with Gasteiger partial charge >= 0.3 is 0 Å². The van der Waals surface area contributed by atoms with Gasteiger partial charge in [0.25, 0.3) is 10.0 Å². The van der Waals surface area contributed by atoms with Crippen molar-refractivity contribution in [2.45, 2.75) is 56.5 Å². The molecule has 1 N–H and O–H groups in total. The minimum absolute atomic E-state index is 0.0827. The number of carbonyl (C=O) groups is 2. The van der Waals surface area contributed by atoms with Crippen LogP contribution in [-0.4, -0.2) is 50.5 Å². The lowest BCUT2D eigenvalue weighted by atomic mass is 10.0. The van der Waals surface area contributed by atoms with Crippen LogP contribution in [0.15, 0.2) is 113 Å². The van der Waals surface area contributed by atoms with Crippen molar-refractivity contribution in [2.24, 2.45) is 5.92 Å². The van der Waals surface area contributed by atoms with Gasteiger partial charge in [-0.2, -0.15) is 0 Å². The number of amides is 2. The minimum atomic E-state index is -4.15. The van der Waals surface area contributed by atoms with Crippen molar-refractivity contribution in [3.05, 3.63) is 125 Å². The summed E-state index contributed by atoms with van der Waals surface area (Å²) in [5, 5.41) is 3.02. The molecule has 0 bridgehead atoms. The van der Waals surface area contributed by atoms with E-state index in [0.29, 0.717) is 12.2 Å². The van der Waals surface area contributed by atoms with Crippen LogP contribution < -0.4 is 9.62 Å². The molecule has 0 aliphatic rings. The number of aryl methyl sites for hydroxylation is 2. The topological polar surface area (TPSA) is 86.8 Å². The number of anilines is 1. The molecule has 0 saturated carbocycles. The number of nitrogens with zero attached hydrogens (tertiary/aromatic N) is 2. The molecule has 9 heteroatoms. The molecule has 7 nitrogen and oxygen atoms in total. The monoisotopic (exact) mass is 657 g/mol. The van der Waals surface area contributed by atoms with Gasteiger partial charge in [0, 0.05) is 24.4 Å². The summed E-state index contributed by atoms with van der Waals surface area (Å²) < 4.78 is 29.6. The molecule has 0 radical (unpaired) electrons. The molecule has 0 fully saturated rings. The number of benzene rings is 4. The highest BCUT2D eigenvalue weighted by Gasteiger charge is 2.34. The first-order chi connectivity index (χ1) is 22.0. The maximum atomic E-state index is 14.6. The van der Waals surface area contributed by atoms with Crippen LogP contribution in [0.5, 0.6) is 0 Å². The Hall–Kier alpha value is -4.08.